The van der Waals surface area contributed by atoms with Gasteiger partial charge in [-0.2, -0.15) is 0 Å². The number of aromatic hydroxyl groups is 2. The number of guanidine groups is 2. The molecule has 772 valence electrons. The van der Waals surface area contributed by atoms with E-state index in [1.807, 2.05) is 0 Å². The summed E-state index contributed by atoms with van der Waals surface area (Å²) in [4.78, 5) is 245. The number of aliphatic hydroxyl groups is 2. The van der Waals surface area contributed by atoms with Crippen molar-refractivity contribution in [1.82, 2.24) is 105 Å². The number of unbranched alkanes of at least 4 members (excludes halogenated alkanes) is 1. The number of primary amides is 1. The van der Waals surface area contributed by atoms with Crippen LogP contribution in [0.25, 0.3) is 10.9 Å². The summed E-state index contributed by atoms with van der Waals surface area (Å²) in [5.41, 5.74) is 23.6. The van der Waals surface area contributed by atoms with Crippen molar-refractivity contribution in [2.24, 2.45) is 35.9 Å². The highest BCUT2D eigenvalue weighted by atomic mass is 32.2. The van der Waals surface area contributed by atoms with Crippen molar-refractivity contribution in [2.75, 3.05) is 44.3 Å². The molecule has 0 saturated carbocycles. The number of benzene rings is 5. The van der Waals surface area contributed by atoms with Crippen LogP contribution < -0.4 is 113 Å². The molecule has 7 aromatic rings. The number of imidazole rings is 1. The molecule has 0 spiro atoms. The highest BCUT2D eigenvalue weighted by Crippen LogP contribution is 2.23. The number of aromatic amines is 1. The van der Waals surface area contributed by atoms with E-state index >= 15 is 33.6 Å². The first kappa shape index (κ1) is 113. The Morgan fingerprint density at radius 3 is 1.37 bits per heavy atom. The SMILES string of the molecule is CC[C@H](C)[C@@H]1NC(=O)[C@H]([C@@H](C)O)NC(=O)[C@H](Cc2cncn2C)NC(=O)[C@H](Cc2ccccc2)NC(=O)CSC[C@@H](C(=O)NCC(N)=O)NC(=O)[C@H](Cc2ccc(O)cc2)NC(=O)[C@H](Cc2c[nH]c3ccccc23)NC(=O)[C@H](Cc2ccc(O)cc2)NC(=O)[C@H](CCCNC(=N)N)NC(=O)[C@H](Cc2ccccc2)NC(=O)C(C)(C)NC(=O)[C@H](CO)NC(=O)[C@H](CCCCN)NC(=O)[C@H](CCCNC(=N)N)NC1=O. The van der Waals surface area contributed by atoms with Crippen molar-refractivity contribution in [1.29, 1.82) is 10.8 Å². The van der Waals surface area contributed by atoms with E-state index in [-0.39, 0.29) is 102 Å². The second kappa shape index (κ2) is 56.3. The minimum Gasteiger partial charge on any atom is -0.508 e. The molecule has 46 nitrogen and oxygen atoms in total. The number of rotatable bonds is 31. The van der Waals surface area contributed by atoms with Crippen LogP contribution in [-0.2, 0) is 122 Å². The van der Waals surface area contributed by atoms with Gasteiger partial charge in [0.1, 0.15) is 95.6 Å². The lowest BCUT2D eigenvalue weighted by molar-refractivity contribution is -0.138. The summed E-state index contributed by atoms with van der Waals surface area (Å²) in [6, 6.07) is 12.6. The molecular formula is C96H132N26O20S. The van der Waals surface area contributed by atoms with E-state index in [2.05, 4.69) is 100 Å². The van der Waals surface area contributed by atoms with Gasteiger partial charge in [0.25, 0.3) is 0 Å². The molecule has 2 aromatic heterocycles. The van der Waals surface area contributed by atoms with Crippen LogP contribution in [0.5, 0.6) is 11.5 Å². The van der Waals surface area contributed by atoms with Gasteiger partial charge in [-0.15, -0.1) is 11.8 Å². The number of phenolic OH excluding ortho intramolecular Hbond substituents is 2. The third-order valence-corrected chi connectivity index (χ3v) is 24.7. The van der Waals surface area contributed by atoms with E-state index in [1.54, 1.807) is 112 Å². The largest absolute Gasteiger partial charge is 0.508 e. The van der Waals surface area contributed by atoms with Crippen LogP contribution in [0, 0.1) is 16.7 Å². The Labute approximate surface area is 829 Å². The van der Waals surface area contributed by atoms with Gasteiger partial charge in [0.2, 0.25) is 94.5 Å². The molecule has 47 heteroatoms. The number of hydrogen-bond acceptors (Lipinski definition) is 25. The predicted octanol–water partition coefficient (Wildman–Crippen LogP) is -4.31. The van der Waals surface area contributed by atoms with Crippen LogP contribution in [0.3, 0.4) is 0 Å². The molecule has 16 amide bonds. The van der Waals surface area contributed by atoms with Crippen LogP contribution >= 0.6 is 11.8 Å². The molecule has 5 aromatic carbocycles. The van der Waals surface area contributed by atoms with E-state index in [0.717, 1.165) is 18.7 Å². The summed E-state index contributed by atoms with van der Waals surface area (Å²) < 4.78 is 1.53. The number of carbonyl (C=O) groups excluding carboxylic acids is 16. The van der Waals surface area contributed by atoms with E-state index in [1.165, 1.54) is 79.5 Å². The number of nitrogens with one attached hydrogen (secondary N) is 20. The Morgan fingerprint density at radius 2 is 0.902 bits per heavy atom. The Kier molecular flexibility index (Phi) is 44.5. The summed E-state index contributed by atoms with van der Waals surface area (Å²) in [6.07, 6.45) is 0.543. The lowest BCUT2D eigenvalue weighted by atomic mass is 9.96. The van der Waals surface area contributed by atoms with Gasteiger partial charge in [-0.3, -0.25) is 87.5 Å². The topological polar surface area (TPSA) is 744 Å². The third kappa shape index (κ3) is 36.7. The molecular weight excluding hydrogens is 1870 g/mol. The zero-order valence-corrected chi connectivity index (χ0v) is 81.2. The monoisotopic (exact) mass is 2000 g/mol. The molecule has 0 aliphatic carbocycles. The van der Waals surface area contributed by atoms with Gasteiger partial charge in [-0.25, -0.2) is 4.98 Å². The van der Waals surface area contributed by atoms with Crippen LogP contribution in [0.4, 0.5) is 0 Å². The highest BCUT2D eigenvalue weighted by Gasteiger charge is 2.42. The van der Waals surface area contributed by atoms with Gasteiger partial charge < -0.3 is 143 Å². The maximum atomic E-state index is 15.7. The second-order valence-electron chi connectivity index (χ2n) is 35.4. The molecule has 1 aliphatic heterocycles. The second-order valence-corrected chi connectivity index (χ2v) is 36.5. The molecule has 1 aliphatic rings. The quantitative estimate of drug-likeness (QED) is 0.0111. The lowest BCUT2D eigenvalue weighted by Gasteiger charge is -2.31. The summed E-state index contributed by atoms with van der Waals surface area (Å²) in [7, 11) is 1.59. The average molecular weight is 2000 g/mol. The zero-order valence-electron chi connectivity index (χ0n) is 80.4. The Balaban J connectivity index is 1.23. The average Bonchev–Trinajstić information content (AvgIpc) is 1.57. The first-order chi connectivity index (χ1) is 68.1. The van der Waals surface area contributed by atoms with Crippen molar-refractivity contribution in [3.05, 3.63) is 186 Å². The highest BCUT2D eigenvalue weighted by molar-refractivity contribution is 8.00. The summed E-state index contributed by atoms with van der Waals surface area (Å²) in [6.45, 7) is 5.03. The van der Waals surface area contributed by atoms with E-state index < -0.39 is 240 Å². The van der Waals surface area contributed by atoms with Crippen LogP contribution in [0.1, 0.15) is 119 Å². The maximum Gasteiger partial charge on any atom is 0.245 e. The molecule has 32 N–H and O–H groups in total. The molecule has 1 fully saturated rings. The van der Waals surface area contributed by atoms with Gasteiger partial charge in [-0.05, 0) is 136 Å². The number of nitrogens with zero attached hydrogens (tertiary/aromatic N) is 2. The minimum absolute atomic E-state index is 0.0161. The summed E-state index contributed by atoms with van der Waals surface area (Å²) >= 11 is 0.745. The van der Waals surface area contributed by atoms with Crippen molar-refractivity contribution >= 4 is 129 Å². The molecule has 143 heavy (non-hydrogen) atoms. The zero-order chi connectivity index (χ0) is 105. The van der Waals surface area contributed by atoms with Gasteiger partial charge in [0, 0.05) is 93.4 Å². The van der Waals surface area contributed by atoms with Crippen LogP contribution in [0.15, 0.2) is 152 Å². The van der Waals surface area contributed by atoms with Crippen molar-refractivity contribution in [3.63, 3.8) is 0 Å². The van der Waals surface area contributed by atoms with Crippen molar-refractivity contribution in [3.8, 4) is 11.5 Å². The number of phenols is 2. The number of fused-ring (bicyclic) bond motifs is 1. The first-order valence-corrected chi connectivity index (χ1v) is 48.0. The molecule has 15 atom stereocenters. The Hall–Kier alpha value is -15.3. The fraction of sp³-hybridized carbons (Fsp3) is 0.448. The molecule has 0 bridgehead atoms. The molecule has 0 unspecified atom stereocenters. The number of hydrogen-bond donors (Lipinski definition) is 28. The van der Waals surface area contributed by atoms with Crippen LogP contribution in [-0.4, -0.2) is 276 Å². The summed E-state index contributed by atoms with van der Waals surface area (Å²) in [5.74, 6) is -19.7. The van der Waals surface area contributed by atoms with Crippen molar-refractivity contribution in [2.45, 2.75) is 215 Å². The summed E-state index contributed by atoms with van der Waals surface area (Å²) in [5, 5.41) is 104. The fourth-order valence-corrected chi connectivity index (χ4v) is 16.2. The maximum absolute atomic E-state index is 15.7. The third-order valence-electron chi connectivity index (χ3n) is 23.6. The number of aryl methyl sites for hydroxylation is 1. The van der Waals surface area contributed by atoms with Crippen molar-refractivity contribution < 1.29 is 97.1 Å². The van der Waals surface area contributed by atoms with Crippen LogP contribution in [0.2, 0.25) is 0 Å². The number of H-pyrrole nitrogens is 1. The molecule has 3 heterocycles. The van der Waals surface area contributed by atoms with Gasteiger partial charge in [0.15, 0.2) is 11.9 Å². The minimum atomic E-state index is -2.07. The van der Waals surface area contributed by atoms with Gasteiger partial charge in [0.05, 0.1) is 31.3 Å². The van der Waals surface area contributed by atoms with Gasteiger partial charge >= 0.3 is 0 Å². The predicted molar refractivity (Wildman–Crippen MR) is 529 cm³/mol. The molecule has 0 radical (unpaired) electrons. The number of nitrogens with two attached hydrogens (primary N) is 4. The smallest absolute Gasteiger partial charge is 0.245 e. The van der Waals surface area contributed by atoms with E-state index in [9.17, 15) is 63.6 Å². The number of amides is 16. The molecule has 1 saturated heterocycles. The normalized spacial score (nSPS) is 22.5. The molecule has 8 rings (SSSR count). The number of carbonyl (C=O) groups is 16. The number of aromatic nitrogens is 3. The van der Waals surface area contributed by atoms with E-state index in [0.29, 0.717) is 50.8 Å². The Bertz CT molecular complexity index is 5540. The number of para-hydroxylation sites is 1. The first-order valence-electron chi connectivity index (χ1n) is 46.8. The van der Waals surface area contributed by atoms with Gasteiger partial charge in [-0.1, -0.05) is 123 Å². The number of aliphatic hydroxyl groups excluding tert-OH is 2. The fourth-order valence-electron chi connectivity index (χ4n) is 15.4. The number of thioether (sulfide) groups is 1. The van der Waals surface area contributed by atoms with E-state index in [4.69, 9.17) is 33.8 Å². The standard InChI is InChI=1S/C96H132N26O20S/c1-7-53(2)78-91(140)111-67(28-19-39-105-95(101)102)81(130)109-65(26-16-17-37-97)83(132)116-74(49-123)90(139)121-96(4,5)93(142)118-71(41-56-22-12-9-13-23-56)87(136)110-66(27-18-38-104-94(99)100)82(131)112-69(42-57-29-33-61(125)34-30-57)85(134)114-72(44-59-46-106-64-25-15-14-24-63(59)64)88(137)113-70(43-58-31-35-62(126)36-32-58)86(135)117-75(80(129)107-48-76(98)127)50-143-51-77(128)108-68(40-55-20-10-8-11-21-55)84(133)115-73(45-60-47-103-52-122(60)6)89(138)120-79(54(3)124)92(141)119-78/h8-15,20-25,29-36,46-47,52-54,65-75,78-79,106,123-126H,7,16-19,26-28,37-45,48-51,97H2,1-6H3,(H2,98,127)(H,107,129)(H,108,128)(H,109,130)(H,110,136)(H,111,140)(H,112,131)(H,113,137)(H,114,134)(H,115,133)(H,116,132)(H,117,135)(H,118,142)(H,119,141)(H,120,138)(H,121,139)(H4,99,100,104)(H4,101,102,105)/t53-,54+,65-,66-,67-,68-,69-,70-,71-,72-,73-,74-,75-,78-,79-/m0/s1. The Morgan fingerprint density at radius 1 is 0.490 bits per heavy atom. The lowest BCUT2D eigenvalue weighted by Crippen LogP contribution is -2.64.